The smallest absolute Gasteiger partial charge is 0.324 e. The minimum Gasteiger partial charge on any atom is -0.465 e. The van der Waals surface area contributed by atoms with Crippen LogP contribution in [0.2, 0.25) is 0 Å². The third-order valence-corrected chi connectivity index (χ3v) is 3.58. The summed E-state index contributed by atoms with van der Waals surface area (Å²) in [6.45, 7) is 3.92. The highest BCUT2D eigenvalue weighted by Gasteiger charge is 2.64. The van der Waals surface area contributed by atoms with Gasteiger partial charge in [0.25, 0.3) is 0 Å². The molecule has 0 spiro atoms. The summed E-state index contributed by atoms with van der Waals surface area (Å²) in [6, 6.07) is 0. The van der Waals surface area contributed by atoms with Crippen molar-refractivity contribution in [3.05, 3.63) is 0 Å². The highest BCUT2D eigenvalue weighted by molar-refractivity contribution is 6.02. The van der Waals surface area contributed by atoms with E-state index >= 15 is 0 Å². The molecule has 1 heterocycles. The van der Waals surface area contributed by atoms with Crippen molar-refractivity contribution < 1.29 is 19.1 Å². The maximum absolute atomic E-state index is 11.9. The van der Waals surface area contributed by atoms with Crippen LogP contribution in [0.25, 0.3) is 0 Å². The molecule has 84 valence electrons. The van der Waals surface area contributed by atoms with Crippen molar-refractivity contribution in [3.63, 3.8) is 0 Å². The summed E-state index contributed by atoms with van der Waals surface area (Å²) in [5, 5.41) is 0. The van der Waals surface area contributed by atoms with Crippen LogP contribution in [0.1, 0.15) is 33.1 Å². The molecule has 0 bridgehead atoms. The van der Waals surface area contributed by atoms with Crippen molar-refractivity contribution in [2.45, 2.75) is 39.2 Å². The molecule has 1 aliphatic heterocycles. The fraction of sp³-hybridized carbons (Fsp3) is 0.818. The Morgan fingerprint density at radius 1 is 1.67 bits per heavy atom. The molecule has 3 atom stereocenters. The largest absolute Gasteiger partial charge is 0.465 e. The molecule has 4 heteroatoms. The Morgan fingerprint density at radius 3 is 3.07 bits per heavy atom. The quantitative estimate of drug-likeness (QED) is 0.511. The molecular formula is C11H16O4. The van der Waals surface area contributed by atoms with Crippen LogP contribution in [-0.4, -0.2) is 24.6 Å². The number of cyclic esters (lactones) is 1. The average molecular weight is 212 g/mol. The zero-order valence-corrected chi connectivity index (χ0v) is 9.12. The second-order valence-electron chi connectivity index (χ2n) is 4.30. The lowest BCUT2D eigenvalue weighted by molar-refractivity contribution is -0.165. The van der Waals surface area contributed by atoms with Crippen LogP contribution in [0.5, 0.6) is 0 Å². The van der Waals surface area contributed by atoms with Gasteiger partial charge in [-0.2, -0.15) is 0 Å². The maximum Gasteiger partial charge on any atom is 0.324 e. The fourth-order valence-corrected chi connectivity index (χ4v) is 2.87. The van der Waals surface area contributed by atoms with Gasteiger partial charge in [0.1, 0.15) is 6.10 Å². The number of carbonyl (C=O) groups is 2. The van der Waals surface area contributed by atoms with E-state index in [9.17, 15) is 9.59 Å². The number of rotatable bonds is 2. The molecular weight excluding hydrogens is 196 g/mol. The second kappa shape index (κ2) is 3.51. The van der Waals surface area contributed by atoms with E-state index in [1.165, 1.54) is 0 Å². The Kier molecular flexibility index (Phi) is 2.44. The van der Waals surface area contributed by atoms with Crippen LogP contribution in [0, 0.1) is 11.3 Å². The number of esters is 2. The van der Waals surface area contributed by atoms with Crippen LogP contribution < -0.4 is 0 Å². The second-order valence-corrected chi connectivity index (χ2v) is 4.30. The number of carbonyl (C=O) groups excluding carboxylic acids is 2. The van der Waals surface area contributed by atoms with Crippen LogP contribution in [-0.2, 0) is 19.1 Å². The Bertz CT molecular complexity index is 299. The summed E-state index contributed by atoms with van der Waals surface area (Å²) in [5.41, 5.74) is -0.977. The van der Waals surface area contributed by atoms with Crippen molar-refractivity contribution in [1.82, 2.24) is 0 Å². The number of hydrogen-bond acceptors (Lipinski definition) is 4. The maximum atomic E-state index is 11.9. The van der Waals surface area contributed by atoms with Crippen LogP contribution in [0.15, 0.2) is 0 Å². The number of ether oxygens (including phenoxy) is 2. The summed E-state index contributed by atoms with van der Waals surface area (Å²) in [4.78, 5) is 23.7. The monoisotopic (exact) mass is 212 g/mol. The molecule has 0 aromatic heterocycles. The topological polar surface area (TPSA) is 52.6 Å². The molecule has 0 unspecified atom stereocenters. The van der Waals surface area contributed by atoms with Crippen LogP contribution >= 0.6 is 0 Å². The van der Waals surface area contributed by atoms with Crippen molar-refractivity contribution in [3.8, 4) is 0 Å². The van der Waals surface area contributed by atoms with E-state index in [0.717, 1.165) is 12.8 Å². The van der Waals surface area contributed by atoms with Crippen molar-refractivity contribution in [2.24, 2.45) is 11.3 Å². The average Bonchev–Trinajstić information content (AvgIpc) is 2.70. The van der Waals surface area contributed by atoms with Gasteiger partial charge in [-0.05, 0) is 26.7 Å². The van der Waals surface area contributed by atoms with E-state index in [-0.39, 0.29) is 24.0 Å². The van der Waals surface area contributed by atoms with Gasteiger partial charge in [-0.15, -0.1) is 0 Å². The summed E-state index contributed by atoms with van der Waals surface area (Å²) in [5.74, 6) is -0.748. The SMILES string of the molecule is CCOC(=O)[C@@]12CCC[C@@H]1[C@H](C)OC2=O. The lowest BCUT2D eigenvalue weighted by atomic mass is 9.78. The van der Waals surface area contributed by atoms with Gasteiger partial charge < -0.3 is 9.47 Å². The number of hydrogen-bond donors (Lipinski definition) is 0. The fourth-order valence-electron chi connectivity index (χ4n) is 2.87. The third kappa shape index (κ3) is 1.27. The Hall–Kier alpha value is -1.06. The molecule has 1 aliphatic carbocycles. The summed E-state index contributed by atoms with van der Waals surface area (Å²) < 4.78 is 10.2. The molecule has 0 aromatic rings. The predicted molar refractivity (Wildman–Crippen MR) is 52.0 cm³/mol. The van der Waals surface area contributed by atoms with Gasteiger partial charge >= 0.3 is 11.9 Å². The molecule has 1 saturated heterocycles. The molecule has 4 nitrogen and oxygen atoms in total. The molecule has 15 heavy (non-hydrogen) atoms. The third-order valence-electron chi connectivity index (χ3n) is 3.58. The van der Waals surface area contributed by atoms with Crippen molar-refractivity contribution >= 4 is 11.9 Å². The first-order valence-electron chi connectivity index (χ1n) is 5.51. The molecule has 0 radical (unpaired) electrons. The van der Waals surface area contributed by atoms with Gasteiger partial charge in [-0.1, -0.05) is 6.42 Å². The van der Waals surface area contributed by atoms with Crippen LogP contribution in [0.3, 0.4) is 0 Å². The van der Waals surface area contributed by atoms with Gasteiger partial charge in [-0.3, -0.25) is 9.59 Å². The van der Waals surface area contributed by atoms with Gasteiger partial charge in [0, 0.05) is 5.92 Å². The zero-order valence-electron chi connectivity index (χ0n) is 9.12. The van der Waals surface area contributed by atoms with E-state index < -0.39 is 5.41 Å². The van der Waals surface area contributed by atoms with Gasteiger partial charge in [0.05, 0.1) is 6.61 Å². The van der Waals surface area contributed by atoms with E-state index in [2.05, 4.69) is 0 Å². The van der Waals surface area contributed by atoms with E-state index in [0.29, 0.717) is 13.0 Å². The molecule has 2 aliphatic rings. The molecule has 0 N–H and O–H groups in total. The first kappa shape index (κ1) is 10.5. The first-order chi connectivity index (χ1) is 7.13. The lowest BCUT2D eigenvalue weighted by Gasteiger charge is -2.22. The Labute approximate surface area is 88.9 Å². The molecule has 1 saturated carbocycles. The minimum absolute atomic E-state index is 0.0176. The Morgan fingerprint density at radius 2 is 2.40 bits per heavy atom. The molecule has 2 fully saturated rings. The van der Waals surface area contributed by atoms with Crippen LogP contribution in [0.4, 0.5) is 0 Å². The summed E-state index contributed by atoms with van der Waals surface area (Å²) in [7, 11) is 0. The highest BCUT2D eigenvalue weighted by atomic mass is 16.6. The van der Waals surface area contributed by atoms with E-state index in [1.807, 2.05) is 6.92 Å². The molecule has 0 aromatic carbocycles. The number of fused-ring (bicyclic) bond motifs is 1. The molecule has 2 rings (SSSR count). The van der Waals surface area contributed by atoms with Gasteiger partial charge in [0.2, 0.25) is 0 Å². The zero-order chi connectivity index (χ0) is 11.1. The van der Waals surface area contributed by atoms with E-state index in [1.54, 1.807) is 6.92 Å². The highest BCUT2D eigenvalue weighted by Crippen LogP contribution is 2.52. The van der Waals surface area contributed by atoms with E-state index in [4.69, 9.17) is 9.47 Å². The summed E-state index contributed by atoms with van der Waals surface area (Å²) in [6.07, 6.45) is 2.22. The van der Waals surface area contributed by atoms with Gasteiger partial charge in [0.15, 0.2) is 5.41 Å². The summed E-state index contributed by atoms with van der Waals surface area (Å²) >= 11 is 0. The Balaban J connectivity index is 2.30. The lowest BCUT2D eigenvalue weighted by Crippen LogP contribution is -2.39. The van der Waals surface area contributed by atoms with Gasteiger partial charge in [-0.25, -0.2) is 0 Å². The molecule has 0 amide bonds. The minimum atomic E-state index is -0.977. The standard InChI is InChI=1S/C11H16O4/c1-3-14-9(12)11-6-4-5-8(11)7(2)15-10(11)13/h7-8H,3-6H2,1-2H3/t7-,8+,11+/m0/s1. The first-order valence-corrected chi connectivity index (χ1v) is 5.51. The normalized spacial score (nSPS) is 38.7. The predicted octanol–water partition coefficient (Wildman–Crippen LogP) is 1.28. The van der Waals surface area contributed by atoms with Crippen molar-refractivity contribution in [2.75, 3.05) is 6.61 Å². The van der Waals surface area contributed by atoms with Crippen molar-refractivity contribution in [1.29, 1.82) is 0 Å².